The van der Waals surface area contributed by atoms with E-state index in [9.17, 15) is 13.2 Å². The Balaban J connectivity index is 1.72. The molecule has 0 aromatic carbocycles. The zero-order chi connectivity index (χ0) is 16.2. The van der Waals surface area contributed by atoms with Gasteiger partial charge in [0.15, 0.2) is 5.82 Å². The second kappa shape index (κ2) is 7.41. The molecule has 1 aromatic heterocycles. The van der Waals surface area contributed by atoms with Gasteiger partial charge in [-0.25, -0.2) is 0 Å². The number of hydrogen-bond acceptors (Lipinski definition) is 4. The van der Waals surface area contributed by atoms with Crippen molar-refractivity contribution in [2.24, 2.45) is 13.0 Å². The SMILES string of the molecule is Cn1c(CO)nnc1CC1CCN(CCCC(F)(F)F)CC1. The van der Waals surface area contributed by atoms with Crippen LogP contribution >= 0.6 is 0 Å². The second-order valence-corrected chi connectivity index (χ2v) is 5.96. The van der Waals surface area contributed by atoms with Crippen molar-refractivity contribution in [3.8, 4) is 0 Å². The zero-order valence-corrected chi connectivity index (χ0v) is 12.8. The topological polar surface area (TPSA) is 54.2 Å². The number of alkyl halides is 3. The van der Waals surface area contributed by atoms with E-state index >= 15 is 0 Å². The van der Waals surface area contributed by atoms with E-state index < -0.39 is 12.6 Å². The quantitative estimate of drug-likeness (QED) is 0.870. The summed E-state index contributed by atoms with van der Waals surface area (Å²) in [7, 11) is 1.84. The highest BCUT2D eigenvalue weighted by Gasteiger charge is 2.27. The number of likely N-dealkylation sites (tertiary alicyclic amines) is 1. The molecule has 1 aliphatic heterocycles. The maximum absolute atomic E-state index is 12.1. The molecule has 0 unspecified atom stereocenters. The molecule has 0 amide bonds. The summed E-state index contributed by atoms with van der Waals surface area (Å²) in [5.74, 6) is 1.90. The van der Waals surface area contributed by atoms with Crippen LogP contribution in [0.5, 0.6) is 0 Å². The Labute approximate surface area is 128 Å². The Morgan fingerprint density at radius 2 is 1.82 bits per heavy atom. The monoisotopic (exact) mass is 320 g/mol. The lowest BCUT2D eigenvalue weighted by molar-refractivity contribution is -0.136. The van der Waals surface area contributed by atoms with Crippen LogP contribution < -0.4 is 0 Å². The van der Waals surface area contributed by atoms with Crippen LogP contribution in [-0.2, 0) is 20.1 Å². The molecule has 0 atom stereocenters. The van der Waals surface area contributed by atoms with E-state index in [0.29, 0.717) is 18.3 Å². The van der Waals surface area contributed by atoms with Gasteiger partial charge in [0.2, 0.25) is 0 Å². The summed E-state index contributed by atoms with van der Waals surface area (Å²) in [5, 5.41) is 17.1. The molecular formula is C14H23F3N4O. The molecule has 0 aliphatic carbocycles. The highest BCUT2D eigenvalue weighted by Crippen LogP contribution is 2.24. The van der Waals surface area contributed by atoms with Crippen LogP contribution in [0.2, 0.25) is 0 Å². The molecule has 0 bridgehead atoms. The lowest BCUT2D eigenvalue weighted by atomic mass is 9.93. The maximum Gasteiger partial charge on any atom is 0.389 e. The molecule has 0 saturated carbocycles. The third-order valence-electron chi connectivity index (χ3n) is 4.31. The van der Waals surface area contributed by atoms with Gasteiger partial charge in [-0.05, 0) is 44.8 Å². The first-order valence-electron chi connectivity index (χ1n) is 7.66. The molecule has 0 radical (unpaired) electrons. The third-order valence-corrected chi connectivity index (χ3v) is 4.31. The van der Waals surface area contributed by atoms with E-state index in [1.807, 2.05) is 11.6 Å². The Hall–Kier alpha value is -1.15. The van der Waals surface area contributed by atoms with Crippen molar-refractivity contribution in [2.75, 3.05) is 19.6 Å². The summed E-state index contributed by atoms with van der Waals surface area (Å²) < 4.78 is 38.2. The fraction of sp³-hybridized carbons (Fsp3) is 0.857. The van der Waals surface area contributed by atoms with Gasteiger partial charge in [0, 0.05) is 19.9 Å². The van der Waals surface area contributed by atoms with Gasteiger partial charge in [0.05, 0.1) is 0 Å². The number of halogens is 3. The summed E-state index contributed by atoms with van der Waals surface area (Å²) in [6, 6.07) is 0. The molecule has 1 aromatic rings. The van der Waals surface area contributed by atoms with Gasteiger partial charge in [-0.2, -0.15) is 13.2 Å². The molecule has 2 rings (SSSR count). The number of aliphatic hydroxyl groups excluding tert-OH is 1. The molecule has 1 saturated heterocycles. The standard InChI is InChI=1S/C14H23F3N4O/c1-20-12(18-19-13(20)10-22)9-11-3-7-21(8-4-11)6-2-5-14(15,16)17/h11,22H,2-10H2,1H3. The minimum Gasteiger partial charge on any atom is -0.388 e. The van der Waals surface area contributed by atoms with Crippen molar-refractivity contribution in [1.82, 2.24) is 19.7 Å². The molecule has 5 nitrogen and oxygen atoms in total. The first kappa shape index (κ1) is 17.2. The van der Waals surface area contributed by atoms with E-state index in [0.717, 1.165) is 38.2 Å². The summed E-state index contributed by atoms with van der Waals surface area (Å²) in [5.41, 5.74) is 0. The van der Waals surface area contributed by atoms with E-state index in [1.165, 1.54) is 0 Å². The van der Waals surface area contributed by atoms with Crippen molar-refractivity contribution in [1.29, 1.82) is 0 Å². The van der Waals surface area contributed by atoms with Gasteiger partial charge in [-0.15, -0.1) is 10.2 Å². The van der Waals surface area contributed by atoms with Crippen molar-refractivity contribution in [3.05, 3.63) is 11.6 Å². The number of hydrogen-bond donors (Lipinski definition) is 1. The van der Waals surface area contributed by atoms with E-state index in [4.69, 9.17) is 5.11 Å². The normalized spacial score (nSPS) is 18.0. The molecule has 1 N–H and O–H groups in total. The molecule has 0 spiro atoms. The lowest BCUT2D eigenvalue weighted by Crippen LogP contribution is -2.35. The van der Waals surface area contributed by atoms with Crippen LogP contribution in [0, 0.1) is 5.92 Å². The summed E-state index contributed by atoms with van der Waals surface area (Å²) in [6.07, 6.45) is -1.83. The van der Waals surface area contributed by atoms with E-state index in [2.05, 4.69) is 15.1 Å². The van der Waals surface area contributed by atoms with Crippen LogP contribution in [0.15, 0.2) is 0 Å². The lowest BCUT2D eigenvalue weighted by Gasteiger charge is -2.31. The molecule has 22 heavy (non-hydrogen) atoms. The average molecular weight is 320 g/mol. The number of rotatable bonds is 6. The third kappa shape index (κ3) is 4.95. The van der Waals surface area contributed by atoms with Crippen LogP contribution in [-0.4, -0.2) is 50.6 Å². The van der Waals surface area contributed by atoms with Crippen LogP contribution in [0.25, 0.3) is 0 Å². The average Bonchev–Trinajstić information content (AvgIpc) is 2.80. The molecule has 8 heteroatoms. The van der Waals surface area contributed by atoms with E-state index in [1.54, 1.807) is 0 Å². The fourth-order valence-corrected chi connectivity index (χ4v) is 2.89. The van der Waals surface area contributed by atoms with Crippen LogP contribution in [0.4, 0.5) is 13.2 Å². The molecule has 2 heterocycles. The minimum absolute atomic E-state index is 0.124. The molecule has 126 valence electrons. The van der Waals surface area contributed by atoms with Gasteiger partial charge in [-0.1, -0.05) is 0 Å². The number of piperidine rings is 1. The summed E-state index contributed by atoms with van der Waals surface area (Å²) >= 11 is 0. The first-order valence-corrected chi connectivity index (χ1v) is 7.66. The van der Waals surface area contributed by atoms with Gasteiger partial charge < -0.3 is 14.6 Å². The van der Waals surface area contributed by atoms with Crippen LogP contribution in [0.3, 0.4) is 0 Å². The summed E-state index contributed by atoms with van der Waals surface area (Å²) in [4.78, 5) is 2.11. The Kier molecular flexibility index (Phi) is 5.80. The van der Waals surface area contributed by atoms with Crippen molar-refractivity contribution in [3.63, 3.8) is 0 Å². The predicted octanol–water partition coefficient (Wildman–Crippen LogP) is 1.90. The maximum atomic E-state index is 12.1. The second-order valence-electron chi connectivity index (χ2n) is 5.96. The Bertz CT molecular complexity index is 467. The van der Waals surface area contributed by atoms with Gasteiger partial charge in [0.1, 0.15) is 12.4 Å². The van der Waals surface area contributed by atoms with Crippen molar-refractivity contribution in [2.45, 2.75) is 44.9 Å². The number of aliphatic hydroxyl groups is 1. The molecule has 1 aliphatic rings. The Morgan fingerprint density at radius 1 is 1.18 bits per heavy atom. The number of aromatic nitrogens is 3. The van der Waals surface area contributed by atoms with Gasteiger partial charge >= 0.3 is 6.18 Å². The largest absolute Gasteiger partial charge is 0.389 e. The summed E-state index contributed by atoms with van der Waals surface area (Å²) in [6.45, 7) is 2.08. The fourth-order valence-electron chi connectivity index (χ4n) is 2.89. The number of nitrogens with zero attached hydrogens (tertiary/aromatic N) is 4. The van der Waals surface area contributed by atoms with Gasteiger partial charge in [-0.3, -0.25) is 0 Å². The highest BCUT2D eigenvalue weighted by molar-refractivity contribution is 4.95. The zero-order valence-electron chi connectivity index (χ0n) is 12.8. The molecular weight excluding hydrogens is 297 g/mol. The van der Waals surface area contributed by atoms with E-state index in [-0.39, 0.29) is 13.0 Å². The Morgan fingerprint density at radius 3 is 2.36 bits per heavy atom. The highest BCUT2D eigenvalue weighted by atomic mass is 19.4. The van der Waals surface area contributed by atoms with Crippen LogP contribution in [0.1, 0.15) is 37.3 Å². The van der Waals surface area contributed by atoms with Crippen molar-refractivity contribution >= 4 is 0 Å². The minimum atomic E-state index is -4.05. The van der Waals surface area contributed by atoms with Crippen molar-refractivity contribution < 1.29 is 18.3 Å². The first-order chi connectivity index (χ1) is 10.4. The predicted molar refractivity (Wildman–Crippen MR) is 75.1 cm³/mol. The molecule has 1 fully saturated rings. The van der Waals surface area contributed by atoms with Gasteiger partial charge in [0.25, 0.3) is 0 Å². The smallest absolute Gasteiger partial charge is 0.388 e.